The van der Waals surface area contributed by atoms with Gasteiger partial charge in [0.05, 0.1) is 10.7 Å². The summed E-state index contributed by atoms with van der Waals surface area (Å²) in [6.07, 6.45) is 0. The van der Waals surface area contributed by atoms with E-state index in [4.69, 9.17) is 11.6 Å². The van der Waals surface area contributed by atoms with Gasteiger partial charge in [0, 0.05) is 5.69 Å². The van der Waals surface area contributed by atoms with E-state index >= 15 is 0 Å². The number of urea groups is 1. The lowest BCUT2D eigenvalue weighted by Gasteiger charge is -2.10. The summed E-state index contributed by atoms with van der Waals surface area (Å²) in [5, 5.41) is 5.04. The molecule has 20 heavy (non-hydrogen) atoms. The minimum absolute atomic E-state index is 0.0334. The smallest absolute Gasteiger partial charge is 0.308 e. The lowest BCUT2D eigenvalue weighted by Crippen LogP contribution is -2.20. The molecule has 0 atom stereocenters. The van der Waals surface area contributed by atoms with Crippen LogP contribution < -0.4 is 10.6 Å². The van der Waals surface area contributed by atoms with Crippen LogP contribution in [0.25, 0.3) is 0 Å². The first-order chi connectivity index (χ1) is 9.47. The zero-order valence-corrected chi connectivity index (χ0v) is 11.9. The van der Waals surface area contributed by atoms with Crippen molar-refractivity contribution in [3.05, 3.63) is 58.4 Å². The Morgan fingerprint density at radius 3 is 2.55 bits per heavy atom. The maximum absolute atomic E-state index is 13.6. The van der Waals surface area contributed by atoms with Gasteiger partial charge in [-0.1, -0.05) is 23.7 Å². The molecule has 3 nitrogen and oxygen atoms in total. The van der Waals surface area contributed by atoms with Crippen LogP contribution in [0.2, 0.25) is 5.02 Å². The van der Waals surface area contributed by atoms with E-state index in [1.165, 1.54) is 12.1 Å². The monoisotopic (exact) mass is 292 g/mol. The van der Waals surface area contributed by atoms with Crippen molar-refractivity contribution in [2.24, 2.45) is 0 Å². The van der Waals surface area contributed by atoms with Crippen LogP contribution in [0.3, 0.4) is 0 Å². The van der Waals surface area contributed by atoms with Crippen molar-refractivity contribution in [2.45, 2.75) is 13.8 Å². The van der Waals surface area contributed by atoms with Crippen molar-refractivity contribution in [3.63, 3.8) is 0 Å². The van der Waals surface area contributed by atoms with E-state index in [1.54, 1.807) is 12.1 Å². The van der Waals surface area contributed by atoms with Gasteiger partial charge in [0.15, 0.2) is 5.82 Å². The number of hydrogen-bond donors (Lipinski definition) is 2. The molecule has 2 aromatic carbocycles. The molecule has 0 aliphatic rings. The summed E-state index contributed by atoms with van der Waals surface area (Å²) >= 11 is 5.65. The number of anilines is 2. The molecule has 2 N–H and O–H groups in total. The lowest BCUT2D eigenvalue weighted by atomic mass is 10.1. The molecule has 0 unspecified atom stereocenters. The predicted octanol–water partition coefficient (Wildman–Crippen LogP) is 4.74. The van der Waals surface area contributed by atoms with Crippen LogP contribution in [0.15, 0.2) is 36.4 Å². The first-order valence-electron chi connectivity index (χ1n) is 6.06. The highest BCUT2D eigenvalue weighted by Crippen LogP contribution is 2.22. The second-order valence-corrected chi connectivity index (χ2v) is 4.89. The van der Waals surface area contributed by atoms with Crippen molar-refractivity contribution < 1.29 is 9.18 Å². The van der Waals surface area contributed by atoms with Crippen LogP contribution in [0.1, 0.15) is 11.1 Å². The molecule has 5 heteroatoms. The number of carbonyl (C=O) groups excluding carboxylic acids is 1. The highest BCUT2D eigenvalue weighted by atomic mass is 35.5. The molecule has 0 aliphatic heterocycles. The maximum Gasteiger partial charge on any atom is 0.323 e. The zero-order valence-electron chi connectivity index (χ0n) is 11.1. The second-order valence-electron chi connectivity index (χ2n) is 4.48. The lowest BCUT2D eigenvalue weighted by molar-refractivity contribution is 0.262. The largest absolute Gasteiger partial charge is 0.323 e. The van der Waals surface area contributed by atoms with E-state index in [0.717, 1.165) is 11.1 Å². The fourth-order valence-electron chi connectivity index (χ4n) is 1.70. The third-order valence-corrected chi connectivity index (χ3v) is 3.26. The molecule has 0 saturated carbocycles. The van der Waals surface area contributed by atoms with Gasteiger partial charge >= 0.3 is 6.03 Å². The van der Waals surface area contributed by atoms with Crippen LogP contribution in [-0.2, 0) is 0 Å². The van der Waals surface area contributed by atoms with Gasteiger partial charge in [-0.25, -0.2) is 9.18 Å². The van der Waals surface area contributed by atoms with Crippen molar-refractivity contribution >= 4 is 29.0 Å². The summed E-state index contributed by atoms with van der Waals surface area (Å²) in [5.74, 6) is -0.649. The number of nitrogens with one attached hydrogen (secondary N) is 2. The Balaban J connectivity index is 2.09. The van der Waals surface area contributed by atoms with Crippen molar-refractivity contribution in [1.82, 2.24) is 0 Å². The molecule has 0 heterocycles. The van der Waals surface area contributed by atoms with Crippen LogP contribution in [0, 0.1) is 19.7 Å². The molecule has 0 bridgehead atoms. The minimum Gasteiger partial charge on any atom is -0.308 e. The Kier molecular flexibility index (Phi) is 4.25. The maximum atomic E-state index is 13.6. The molecule has 2 rings (SSSR count). The Bertz CT molecular complexity index is 658. The first kappa shape index (κ1) is 14.3. The topological polar surface area (TPSA) is 41.1 Å². The minimum atomic E-state index is -0.649. The standard InChI is InChI=1S/C15H14ClFN2O/c1-9-6-7-11(8-10(9)2)18-15(20)19-13-5-3-4-12(16)14(13)17/h3-8H,1-2H3,(H2,18,19,20). The number of amides is 2. The quantitative estimate of drug-likeness (QED) is 0.824. The van der Waals surface area contributed by atoms with Gasteiger partial charge in [-0.2, -0.15) is 0 Å². The first-order valence-corrected chi connectivity index (χ1v) is 6.44. The molecule has 0 saturated heterocycles. The van der Waals surface area contributed by atoms with E-state index in [2.05, 4.69) is 10.6 Å². The normalized spacial score (nSPS) is 10.2. The summed E-state index contributed by atoms with van der Waals surface area (Å²) in [6, 6.07) is 9.46. The molecular formula is C15H14ClFN2O. The average molecular weight is 293 g/mol. The summed E-state index contributed by atoms with van der Waals surface area (Å²) in [7, 11) is 0. The number of carbonyl (C=O) groups is 1. The van der Waals surface area contributed by atoms with Crippen LogP contribution >= 0.6 is 11.6 Å². The zero-order chi connectivity index (χ0) is 14.7. The van der Waals surface area contributed by atoms with Crippen molar-refractivity contribution in [1.29, 1.82) is 0 Å². The van der Waals surface area contributed by atoms with E-state index in [-0.39, 0.29) is 10.7 Å². The van der Waals surface area contributed by atoms with Crippen LogP contribution in [-0.4, -0.2) is 6.03 Å². The van der Waals surface area contributed by atoms with Crippen molar-refractivity contribution in [2.75, 3.05) is 10.6 Å². The Labute approximate surface area is 121 Å². The highest BCUT2D eigenvalue weighted by molar-refractivity contribution is 6.31. The van der Waals surface area contributed by atoms with Gasteiger partial charge in [0.2, 0.25) is 0 Å². The molecule has 2 amide bonds. The molecule has 0 aromatic heterocycles. The number of benzene rings is 2. The summed E-state index contributed by atoms with van der Waals surface area (Å²) in [4.78, 5) is 11.8. The van der Waals surface area contributed by atoms with E-state index in [9.17, 15) is 9.18 Å². The highest BCUT2D eigenvalue weighted by Gasteiger charge is 2.09. The Morgan fingerprint density at radius 2 is 1.85 bits per heavy atom. The number of halogens is 2. The Morgan fingerprint density at radius 1 is 1.10 bits per heavy atom. The predicted molar refractivity (Wildman–Crippen MR) is 80.0 cm³/mol. The number of rotatable bonds is 2. The van der Waals surface area contributed by atoms with Crippen molar-refractivity contribution in [3.8, 4) is 0 Å². The molecule has 0 fully saturated rings. The van der Waals surface area contributed by atoms with E-state index < -0.39 is 11.8 Å². The summed E-state index contributed by atoms with van der Waals surface area (Å²) < 4.78 is 13.6. The van der Waals surface area contributed by atoms with Gasteiger partial charge < -0.3 is 10.6 Å². The fourth-order valence-corrected chi connectivity index (χ4v) is 1.88. The van der Waals surface area contributed by atoms with Gasteiger partial charge in [0.25, 0.3) is 0 Å². The SMILES string of the molecule is Cc1ccc(NC(=O)Nc2cccc(Cl)c2F)cc1C. The molecular weight excluding hydrogens is 279 g/mol. The average Bonchev–Trinajstić information content (AvgIpc) is 2.39. The Hall–Kier alpha value is -2.07. The third kappa shape index (κ3) is 3.27. The molecule has 104 valence electrons. The van der Waals surface area contributed by atoms with E-state index in [0.29, 0.717) is 5.69 Å². The second kappa shape index (κ2) is 5.92. The fraction of sp³-hybridized carbons (Fsp3) is 0.133. The molecule has 2 aromatic rings. The van der Waals surface area contributed by atoms with E-state index in [1.807, 2.05) is 26.0 Å². The molecule has 0 radical (unpaired) electrons. The van der Waals surface area contributed by atoms with Crippen LogP contribution in [0.5, 0.6) is 0 Å². The summed E-state index contributed by atoms with van der Waals surface area (Å²) in [6.45, 7) is 3.94. The van der Waals surface area contributed by atoms with Gasteiger partial charge in [-0.05, 0) is 49.2 Å². The third-order valence-electron chi connectivity index (χ3n) is 2.96. The van der Waals surface area contributed by atoms with Gasteiger partial charge in [0.1, 0.15) is 0 Å². The number of aryl methyl sites for hydroxylation is 2. The number of hydrogen-bond acceptors (Lipinski definition) is 1. The van der Waals surface area contributed by atoms with Crippen LogP contribution in [0.4, 0.5) is 20.6 Å². The van der Waals surface area contributed by atoms with Gasteiger partial charge in [-0.15, -0.1) is 0 Å². The van der Waals surface area contributed by atoms with Gasteiger partial charge in [-0.3, -0.25) is 0 Å². The molecule has 0 aliphatic carbocycles. The molecule has 0 spiro atoms. The summed E-state index contributed by atoms with van der Waals surface area (Å²) in [5.41, 5.74) is 2.89.